The van der Waals surface area contributed by atoms with Crippen molar-refractivity contribution >= 4 is 37.3 Å². The maximum atomic E-state index is 12.2. The Bertz CT molecular complexity index is 1570. The number of methoxy groups -OCH3 is 1. The van der Waals surface area contributed by atoms with Gasteiger partial charge in [-0.2, -0.15) is 0 Å². The molecule has 0 saturated carbocycles. The summed E-state index contributed by atoms with van der Waals surface area (Å²) in [6.45, 7) is 13.5. The number of sulfone groups is 1. The number of piperidine rings is 1. The molecule has 2 atom stereocenters. The van der Waals surface area contributed by atoms with Crippen LogP contribution in [0.25, 0.3) is 21.5 Å². The van der Waals surface area contributed by atoms with Gasteiger partial charge in [0.25, 0.3) is 0 Å². The number of nitrogens with zero attached hydrogens (tertiary/aromatic N) is 6. The molecular weight excluding hydrogens is 597 g/mol. The molecule has 3 aromatic rings. The number of ether oxygens (including phenoxy) is 2. The van der Waals surface area contributed by atoms with Crippen LogP contribution in [0, 0.1) is 6.92 Å². The molecule has 6 rings (SSSR count). The summed E-state index contributed by atoms with van der Waals surface area (Å²) >= 11 is 1.73. The number of thiophene rings is 1. The normalized spacial score (nSPS) is 24.2. The predicted molar refractivity (Wildman–Crippen MR) is 176 cm³/mol. The van der Waals surface area contributed by atoms with E-state index in [0.29, 0.717) is 29.7 Å². The molecule has 0 bridgehead atoms. The van der Waals surface area contributed by atoms with E-state index in [1.807, 2.05) is 6.07 Å². The highest BCUT2D eigenvalue weighted by molar-refractivity contribution is 7.89. The summed E-state index contributed by atoms with van der Waals surface area (Å²) in [7, 11) is -1.77. The highest BCUT2D eigenvalue weighted by atomic mass is 32.2. The van der Waals surface area contributed by atoms with Crippen LogP contribution in [0.15, 0.2) is 12.3 Å². The van der Waals surface area contributed by atoms with E-state index < -0.39 is 9.84 Å². The summed E-state index contributed by atoms with van der Waals surface area (Å²) in [6.07, 6.45) is 9.35. The molecule has 3 saturated heterocycles. The molecule has 3 aliphatic rings. The summed E-state index contributed by atoms with van der Waals surface area (Å²) in [5.74, 6) is 0.934. The number of aryl methyl sites for hydroxylation is 1. The second-order valence-corrected chi connectivity index (χ2v) is 16.3. The van der Waals surface area contributed by atoms with Gasteiger partial charge in [0.1, 0.15) is 0 Å². The predicted octanol–water partition coefficient (Wildman–Crippen LogP) is 4.68. The van der Waals surface area contributed by atoms with Crippen molar-refractivity contribution in [3.05, 3.63) is 28.3 Å². The number of hydrogen-bond acceptors (Lipinski definition) is 11. The average molecular weight is 643 g/mol. The molecule has 240 valence electrons. The standard InChI is InChI=1S/C32H46N6O4S2/c1-21-15-26(16-22(2)42-21)37-13-11-36(12-14-37)19-27-23(3)43-30-28(34-32(35-29(27)30)38-9-7-6-8-10-38)24-17-25(20-44(5,39)40)31(41-4)33-18-24/h17-18,21-22,26H,6-16,19-20H2,1-5H3. The van der Waals surface area contributed by atoms with Gasteiger partial charge in [0.2, 0.25) is 11.8 Å². The van der Waals surface area contributed by atoms with Crippen LogP contribution < -0.4 is 9.64 Å². The van der Waals surface area contributed by atoms with Crippen LogP contribution >= 0.6 is 11.3 Å². The van der Waals surface area contributed by atoms with Crippen LogP contribution in [0.1, 0.15) is 62.0 Å². The highest BCUT2D eigenvalue weighted by Crippen LogP contribution is 2.39. The largest absolute Gasteiger partial charge is 0.481 e. The molecule has 2 unspecified atom stereocenters. The Morgan fingerprint density at radius 1 is 1.02 bits per heavy atom. The van der Waals surface area contributed by atoms with Gasteiger partial charge in [-0.25, -0.2) is 23.4 Å². The second kappa shape index (κ2) is 13.2. The van der Waals surface area contributed by atoms with Crippen LogP contribution in [-0.4, -0.2) is 104 Å². The molecular formula is C32H46N6O4S2. The lowest BCUT2D eigenvalue weighted by Gasteiger charge is -2.43. The molecule has 0 amide bonds. The quantitative estimate of drug-likeness (QED) is 0.344. The highest BCUT2D eigenvalue weighted by Gasteiger charge is 2.31. The third-order valence-corrected chi connectivity index (χ3v) is 11.2. The van der Waals surface area contributed by atoms with Gasteiger partial charge in [-0.15, -0.1) is 11.3 Å². The molecule has 10 nitrogen and oxygen atoms in total. The van der Waals surface area contributed by atoms with Crippen LogP contribution in [0.5, 0.6) is 5.88 Å². The molecule has 44 heavy (non-hydrogen) atoms. The third kappa shape index (κ3) is 7.04. The molecule has 12 heteroatoms. The Kier molecular flexibility index (Phi) is 9.45. The van der Waals surface area contributed by atoms with Crippen molar-refractivity contribution in [1.29, 1.82) is 0 Å². The number of aromatic nitrogens is 3. The van der Waals surface area contributed by atoms with Crippen molar-refractivity contribution in [3.63, 3.8) is 0 Å². The van der Waals surface area contributed by atoms with Crippen molar-refractivity contribution in [1.82, 2.24) is 24.8 Å². The van der Waals surface area contributed by atoms with Crippen molar-refractivity contribution in [3.8, 4) is 17.1 Å². The van der Waals surface area contributed by atoms with Crippen molar-refractivity contribution < 1.29 is 17.9 Å². The molecule has 0 radical (unpaired) electrons. The first kappa shape index (κ1) is 31.6. The van der Waals surface area contributed by atoms with E-state index >= 15 is 0 Å². The van der Waals surface area contributed by atoms with E-state index in [0.717, 1.165) is 98.9 Å². The molecule has 0 spiro atoms. The van der Waals surface area contributed by atoms with Gasteiger partial charge >= 0.3 is 0 Å². The lowest BCUT2D eigenvalue weighted by molar-refractivity contribution is -0.0715. The van der Waals surface area contributed by atoms with Crippen LogP contribution in [0.3, 0.4) is 0 Å². The van der Waals surface area contributed by atoms with Crippen molar-refractivity contribution in [2.45, 2.75) is 83.4 Å². The molecule has 3 aromatic heterocycles. The molecule has 0 N–H and O–H groups in total. The second-order valence-electron chi connectivity index (χ2n) is 12.9. The number of fused-ring (bicyclic) bond motifs is 1. The van der Waals surface area contributed by atoms with Gasteiger partial charge in [0.05, 0.1) is 41.0 Å². The zero-order valence-corrected chi connectivity index (χ0v) is 28.3. The van der Waals surface area contributed by atoms with Crippen LogP contribution in [0.2, 0.25) is 0 Å². The molecule has 0 aliphatic carbocycles. The molecule has 3 fully saturated rings. The van der Waals surface area contributed by atoms with E-state index in [4.69, 9.17) is 19.4 Å². The Morgan fingerprint density at radius 2 is 1.73 bits per heavy atom. The van der Waals surface area contributed by atoms with E-state index in [9.17, 15) is 8.42 Å². The zero-order chi connectivity index (χ0) is 31.0. The lowest BCUT2D eigenvalue weighted by Crippen LogP contribution is -2.53. The average Bonchev–Trinajstić information content (AvgIpc) is 3.30. The summed E-state index contributed by atoms with van der Waals surface area (Å²) in [4.78, 5) is 23.6. The third-order valence-electron chi connectivity index (χ3n) is 9.25. The maximum absolute atomic E-state index is 12.2. The number of hydrogen-bond donors (Lipinski definition) is 0. The van der Waals surface area contributed by atoms with Gasteiger partial charge < -0.3 is 14.4 Å². The summed E-state index contributed by atoms with van der Waals surface area (Å²) in [6, 6.07) is 2.48. The van der Waals surface area contributed by atoms with E-state index in [-0.39, 0.29) is 5.75 Å². The van der Waals surface area contributed by atoms with E-state index in [1.54, 1.807) is 17.5 Å². The maximum Gasteiger partial charge on any atom is 0.226 e. The smallest absolute Gasteiger partial charge is 0.226 e. The van der Waals surface area contributed by atoms with Crippen molar-refractivity contribution in [2.24, 2.45) is 0 Å². The topological polar surface area (TPSA) is 101 Å². The Balaban J connectivity index is 1.32. The molecule has 3 aliphatic heterocycles. The first-order valence-corrected chi connectivity index (χ1v) is 18.8. The summed E-state index contributed by atoms with van der Waals surface area (Å²) < 4.78 is 36.9. The first-order chi connectivity index (χ1) is 21.1. The Labute approximate surface area is 265 Å². The zero-order valence-electron chi connectivity index (χ0n) is 26.7. The fraction of sp³-hybridized carbons (Fsp3) is 0.656. The lowest BCUT2D eigenvalue weighted by atomic mass is 9.97. The summed E-state index contributed by atoms with van der Waals surface area (Å²) in [5, 5.41) is 0. The monoisotopic (exact) mass is 642 g/mol. The van der Waals surface area contributed by atoms with E-state index in [1.165, 1.54) is 30.2 Å². The van der Waals surface area contributed by atoms with Crippen molar-refractivity contribution in [2.75, 3.05) is 57.5 Å². The summed E-state index contributed by atoms with van der Waals surface area (Å²) in [5.41, 5.74) is 4.42. The Hall–Kier alpha value is -2.38. The first-order valence-electron chi connectivity index (χ1n) is 16.0. The SMILES string of the molecule is COc1ncc(-c2nc(N3CCCCC3)nc3c(CN4CCN(C5CC(C)OC(C)C5)CC4)c(C)sc23)cc1CS(C)(=O)=O. The van der Waals surface area contributed by atoms with Crippen LogP contribution in [-0.2, 0) is 26.9 Å². The molecule has 6 heterocycles. The van der Waals surface area contributed by atoms with Crippen LogP contribution in [0.4, 0.5) is 5.95 Å². The minimum absolute atomic E-state index is 0.142. The number of pyridine rings is 1. The fourth-order valence-corrected chi connectivity index (χ4v) is 9.00. The number of piperazine rings is 1. The van der Waals surface area contributed by atoms with Gasteiger partial charge in [-0.3, -0.25) is 9.80 Å². The van der Waals surface area contributed by atoms with Gasteiger partial charge in [-0.05, 0) is 58.9 Å². The minimum Gasteiger partial charge on any atom is -0.481 e. The fourth-order valence-electron chi connectivity index (χ4n) is 7.11. The number of rotatable bonds is 8. The minimum atomic E-state index is -3.29. The number of anilines is 1. The Morgan fingerprint density at radius 3 is 2.39 bits per heavy atom. The van der Waals surface area contributed by atoms with Gasteiger partial charge in [0, 0.05) is 85.9 Å². The molecule has 0 aromatic carbocycles. The van der Waals surface area contributed by atoms with Gasteiger partial charge in [0.15, 0.2) is 9.84 Å². The van der Waals surface area contributed by atoms with E-state index in [2.05, 4.69) is 40.5 Å². The van der Waals surface area contributed by atoms with Gasteiger partial charge in [-0.1, -0.05) is 0 Å².